The van der Waals surface area contributed by atoms with Crippen molar-refractivity contribution in [3.63, 3.8) is 0 Å². The Labute approximate surface area is 67.1 Å². The van der Waals surface area contributed by atoms with Crippen LogP contribution in [0.2, 0.25) is 0 Å². The topological polar surface area (TPSA) is 0 Å². The molecule has 0 bridgehead atoms. The maximum absolute atomic E-state index is 0. The van der Waals surface area contributed by atoms with Gasteiger partial charge in [-0.1, -0.05) is 0 Å². The van der Waals surface area contributed by atoms with Crippen LogP contribution in [-0.2, 0) is 33.8 Å². The average molecular weight is 275 g/mol. The van der Waals surface area contributed by atoms with Crippen molar-refractivity contribution in [3.05, 3.63) is 0 Å². The van der Waals surface area contributed by atoms with E-state index >= 15 is 0 Å². The molecule has 0 aromatic carbocycles. The minimum absolute atomic E-state index is 0. The average Bonchev–Trinajstić information content (AvgIpc) is 0. The van der Waals surface area contributed by atoms with Crippen LogP contribution in [0.25, 0.3) is 0 Å². The molecule has 4 heavy (non-hydrogen) atoms. The molecule has 0 aliphatic rings. The van der Waals surface area contributed by atoms with E-state index in [2.05, 4.69) is 0 Å². The molecule has 0 aromatic rings. The zero-order valence-corrected chi connectivity index (χ0v) is 8.09. The fraction of sp³-hybridized carbons (Fsp3) is 0. The first-order valence-corrected chi connectivity index (χ1v) is 0. The van der Waals surface area contributed by atoms with Crippen LogP contribution in [0.15, 0.2) is 0 Å². The molecule has 0 rings (SSSR count). The molecule has 4 heteroatoms. The van der Waals surface area contributed by atoms with Crippen LogP contribution in [-0.4, -0.2) is 23.9 Å². The zero-order chi connectivity index (χ0) is 0. The predicted octanol–water partition coefficient (Wildman–Crippen LogP) is -0.328. The van der Waals surface area contributed by atoms with E-state index in [1.807, 2.05) is 0 Å². The fourth-order valence-corrected chi connectivity index (χ4v) is 0. The fourth-order valence-electron chi connectivity index (χ4n) is 0. The van der Waals surface area contributed by atoms with E-state index in [9.17, 15) is 0 Å². The molecule has 6 radical (unpaired) electrons. The third-order valence-electron chi connectivity index (χ3n) is 0. The summed E-state index contributed by atoms with van der Waals surface area (Å²) in [7, 11) is 0. The van der Waals surface area contributed by atoms with Gasteiger partial charge in [0.1, 0.15) is 0 Å². The molecule has 0 aliphatic carbocycles. The first-order valence-electron chi connectivity index (χ1n) is 0. The summed E-state index contributed by atoms with van der Waals surface area (Å²) in [5.74, 6) is 0. The van der Waals surface area contributed by atoms with Gasteiger partial charge < -0.3 is 0 Å². The number of rotatable bonds is 0. The van der Waals surface area contributed by atoms with Crippen LogP contribution in [0.5, 0.6) is 0 Å². The first-order chi connectivity index (χ1) is 0. The van der Waals surface area contributed by atoms with E-state index in [1.165, 1.54) is 0 Å². The third kappa shape index (κ3) is 8.87. The van der Waals surface area contributed by atoms with E-state index < -0.39 is 0 Å². The van der Waals surface area contributed by atoms with E-state index in [0.29, 0.717) is 0 Å². The Morgan fingerprint density at radius 1 is 1.00 bits per heavy atom. The van der Waals surface area contributed by atoms with Crippen molar-refractivity contribution < 1.29 is 33.8 Å². The van der Waals surface area contributed by atoms with Crippen LogP contribution >= 0.6 is 9.90 Å². The molecule has 32 valence electrons. The number of hydrogen-bond acceptors (Lipinski definition) is 0. The van der Waals surface area contributed by atoms with E-state index in [1.54, 1.807) is 0 Å². The summed E-state index contributed by atoms with van der Waals surface area (Å²) in [4.78, 5) is 0. The van der Waals surface area contributed by atoms with Gasteiger partial charge in [0, 0.05) is 57.8 Å². The minimum Gasteiger partial charge on any atom is -0.153 e. The van der Waals surface area contributed by atoms with Gasteiger partial charge in [0.15, 0.2) is 0 Å². The van der Waals surface area contributed by atoms with Crippen molar-refractivity contribution in [1.82, 2.24) is 0 Å². The first kappa shape index (κ1) is 34.0. The largest absolute Gasteiger partial charge is 0.153 e. The second kappa shape index (κ2) is 18.7. The molecule has 0 saturated carbocycles. The normalized spacial score (nSPS) is 0. The van der Waals surface area contributed by atoms with Crippen molar-refractivity contribution in [1.29, 1.82) is 0 Å². The summed E-state index contributed by atoms with van der Waals surface area (Å²) >= 11 is 0. The van der Waals surface area contributed by atoms with Gasteiger partial charge in [0.2, 0.25) is 0 Å². The van der Waals surface area contributed by atoms with Crippen LogP contribution in [0.1, 0.15) is 0 Å². The van der Waals surface area contributed by atoms with Gasteiger partial charge >= 0.3 is 0 Å². The molecule has 0 aromatic heterocycles. The molecule has 0 fully saturated rings. The summed E-state index contributed by atoms with van der Waals surface area (Å²) in [6, 6.07) is 0. The summed E-state index contributed by atoms with van der Waals surface area (Å²) in [6.45, 7) is 0. The van der Waals surface area contributed by atoms with Crippen molar-refractivity contribution in [2.45, 2.75) is 0 Å². The summed E-state index contributed by atoms with van der Waals surface area (Å²) < 4.78 is 0. The maximum atomic E-state index is 0. The van der Waals surface area contributed by atoms with Gasteiger partial charge in [-0.25, -0.2) is 0 Å². The Morgan fingerprint density at radius 3 is 1.00 bits per heavy atom. The van der Waals surface area contributed by atoms with Gasteiger partial charge in [0.25, 0.3) is 0 Å². The summed E-state index contributed by atoms with van der Waals surface area (Å²) in [5.41, 5.74) is 0. The second-order valence-corrected chi connectivity index (χ2v) is 0. The van der Waals surface area contributed by atoms with E-state index in [-0.39, 0.29) is 67.7 Å². The quantitative estimate of drug-likeness (QED) is 0.419. The van der Waals surface area contributed by atoms with Crippen LogP contribution in [0.4, 0.5) is 0 Å². The molecule has 1 atom stereocenters. The Morgan fingerprint density at radius 2 is 1.00 bits per heavy atom. The Bertz CT molecular complexity index is 8.00. The van der Waals surface area contributed by atoms with Crippen molar-refractivity contribution in [2.75, 3.05) is 0 Å². The summed E-state index contributed by atoms with van der Waals surface area (Å²) in [6.07, 6.45) is 0. The summed E-state index contributed by atoms with van der Waals surface area (Å²) in [5, 5.41) is 0. The SMILES string of the molecule is P.[Co].[Cu].[Sn]. The molecule has 0 amide bonds. The maximum Gasteiger partial charge on any atom is 0 e. The van der Waals surface area contributed by atoms with Crippen molar-refractivity contribution in [2.24, 2.45) is 0 Å². The van der Waals surface area contributed by atoms with Gasteiger partial charge in [-0.05, 0) is 0 Å². The minimum atomic E-state index is 0. The molecule has 0 spiro atoms. The molecule has 0 aliphatic heterocycles. The monoisotopic (exact) mass is 276 g/mol. The molecule has 1 unspecified atom stereocenters. The van der Waals surface area contributed by atoms with Crippen LogP contribution < -0.4 is 0 Å². The molecular weight excluding hydrogens is 272 g/mol. The van der Waals surface area contributed by atoms with Crippen LogP contribution in [0, 0.1) is 0 Å². The van der Waals surface area contributed by atoms with Crippen molar-refractivity contribution >= 4 is 33.8 Å². The van der Waals surface area contributed by atoms with Gasteiger partial charge in [0.05, 0.1) is 0 Å². The standard InChI is InChI=1S/Co.Cu.H3P.Sn/h;;1H3;. The van der Waals surface area contributed by atoms with Gasteiger partial charge in [-0.15, -0.1) is 0 Å². The van der Waals surface area contributed by atoms with E-state index in [0.717, 1.165) is 0 Å². The Hall–Kier alpha value is 2.25. The van der Waals surface area contributed by atoms with E-state index in [4.69, 9.17) is 0 Å². The van der Waals surface area contributed by atoms with Gasteiger partial charge in [-0.2, -0.15) is 9.90 Å². The molecule has 0 saturated heterocycles. The third-order valence-corrected chi connectivity index (χ3v) is 0. The Balaban J connectivity index is 0. The smallest absolute Gasteiger partial charge is 0 e. The second-order valence-electron chi connectivity index (χ2n) is 0. The Kier molecular flexibility index (Phi) is 159. The number of hydrogen-bond donors (Lipinski definition) is 0. The van der Waals surface area contributed by atoms with Crippen LogP contribution in [0.3, 0.4) is 0 Å². The molecule has 0 heterocycles. The molecular formula is H3CoCuPSn. The molecule has 0 N–H and O–H groups in total. The predicted molar refractivity (Wildman–Crippen MR) is 16.9 cm³/mol. The van der Waals surface area contributed by atoms with Gasteiger partial charge in [-0.3, -0.25) is 0 Å². The molecule has 0 nitrogen and oxygen atoms in total. The van der Waals surface area contributed by atoms with Crippen molar-refractivity contribution in [3.8, 4) is 0 Å². The zero-order valence-electron chi connectivity index (χ0n) is 1.84.